The lowest BCUT2D eigenvalue weighted by Crippen LogP contribution is -2.10. The van der Waals surface area contributed by atoms with Crippen LogP contribution in [0.1, 0.15) is 17.0 Å². The van der Waals surface area contributed by atoms with Crippen LogP contribution in [0.4, 0.5) is 5.69 Å². The number of hydrogen-bond donors (Lipinski definition) is 1. The number of ether oxygens (including phenoxy) is 1. The van der Waals surface area contributed by atoms with Crippen LogP contribution in [-0.4, -0.2) is 16.7 Å². The largest absolute Gasteiger partial charge is 0.380 e. The smallest absolute Gasteiger partial charge is 0.128 e. The van der Waals surface area contributed by atoms with Crippen LogP contribution in [0.5, 0.6) is 0 Å². The Morgan fingerprint density at radius 2 is 1.83 bits per heavy atom. The third-order valence-electron chi connectivity index (χ3n) is 3.75. The lowest BCUT2D eigenvalue weighted by atomic mass is 10.2. The Balaban J connectivity index is 1.69. The second-order valence-electron chi connectivity index (χ2n) is 5.40. The summed E-state index contributed by atoms with van der Waals surface area (Å²) in [4.78, 5) is 4.47. The Morgan fingerprint density at radius 1 is 1.04 bits per heavy atom. The molecular formula is C19H21N3O. The molecule has 0 atom stereocenters. The third-order valence-corrected chi connectivity index (χ3v) is 3.75. The van der Waals surface area contributed by atoms with Gasteiger partial charge in [-0.15, -0.1) is 0 Å². The summed E-state index contributed by atoms with van der Waals surface area (Å²) in [7, 11) is 1.71. The second kappa shape index (κ2) is 7.61. The number of nitrogens with one attached hydrogen (secondary N) is 1. The zero-order valence-corrected chi connectivity index (χ0v) is 13.3. The predicted molar refractivity (Wildman–Crippen MR) is 92.3 cm³/mol. The van der Waals surface area contributed by atoms with Crippen molar-refractivity contribution in [1.82, 2.24) is 9.55 Å². The van der Waals surface area contributed by atoms with Crippen molar-refractivity contribution in [3.63, 3.8) is 0 Å². The number of aromatic nitrogens is 2. The highest BCUT2D eigenvalue weighted by Crippen LogP contribution is 2.17. The fourth-order valence-corrected chi connectivity index (χ4v) is 2.58. The molecule has 23 heavy (non-hydrogen) atoms. The maximum absolute atomic E-state index is 5.25. The molecule has 0 amide bonds. The molecule has 4 heteroatoms. The van der Waals surface area contributed by atoms with Gasteiger partial charge in [0.05, 0.1) is 13.2 Å². The molecule has 4 nitrogen and oxygen atoms in total. The number of benzene rings is 2. The Labute approximate surface area is 136 Å². The molecule has 1 N–H and O–H groups in total. The minimum Gasteiger partial charge on any atom is -0.380 e. The molecule has 0 unspecified atom stereocenters. The molecule has 3 aromatic rings. The maximum atomic E-state index is 5.25. The summed E-state index contributed by atoms with van der Waals surface area (Å²) in [6.07, 6.45) is 3.87. The minimum absolute atomic E-state index is 0.599. The molecule has 0 aliphatic heterocycles. The topological polar surface area (TPSA) is 39.1 Å². The summed E-state index contributed by atoms with van der Waals surface area (Å²) in [5.41, 5.74) is 3.51. The standard InChI is InChI=1S/C19H21N3O/c1-23-15-17-9-5-6-10-18(17)21-13-19-20-11-12-22(19)14-16-7-3-2-4-8-16/h2-12,21H,13-15H2,1H3. The molecule has 0 saturated heterocycles. The van der Waals surface area contributed by atoms with E-state index in [4.69, 9.17) is 4.74 Å². The monoisotopic (exact) mass is 307 g/mol. The van der Waals surface area contributed by atoms with Crippen LogP contribution >= 0.6 is 0 Å². The van der Waals surface area contributed by atoms with E-state index in [-0.39, 0.29) is 0 Å². The highest BCUT2D eigenvalue weighted by Gasteiger charge is 2.06. The van der Waals surface area contributed by atoms with Crippen LogP contribution in [0.3, 0.4) is 0 Å². The second-order valence-corrected chi connectivity index (χ2v) is 5.40. The van der Waals surface area contributed by atoms with Crippen molar-refractivity contribution in [3.8, 4) is 0 Å². The van der Waals surface area contributed by atoms with Gasteiger partial charge in [-0.3, -0.25) is 0 Å². The Hall–Kier alpha value is -2.59. The van der Waals surface area contributed by atoms with Gasteiger partial charge >= 0.3 is 0 Å². The van der Waals surface area contributed by atoms with Gasteiger partial charge in [0.15, 0.2) is 0 Å². The van der Waals surface area contributed by atoms with Crippen LogP contribution < -0.4 is 5.32 Å². The molecule has 0 fully saturated rings. The number of para-hydroxylation sites is 1. The predicted octanol–water partition coefficient (Wildman–Crippen LogP) is 3.69. The van der Waals surface area contributed by atoms with Gasteiger partial charge in [-0.1, -0.05) is 48.5 Å². The zero-order valence-electron chi connectivity index (χ0n) is 13.3. The van der Waals surface area contributed by atoms with Crippen LogP contribution in [-0.2, 0) is 24.4 Å². The van der Waals surface area contributed by atoms with Gasteiger partial charge in [0.2, 0.25) is 0 Å². The number of imidazole rings is 1. The number of anilines is 1. The molecule has 1 aromatic heterocycles. The van der Waals surface area contributed by atoms with E-state index in [0.717, 1.165) is 23.6 Å². The SMILES string of the molecule is COCc1ccccc1NCc1nccn1Cc1ccccc1. The van der Waals surface area contributed by atoms with Crippen LogP contribution in [0.2, 0.25) is 0 Å². The normalized spacial score (nSPS) is 10.7. The molecule has 0 aliphatic rings. The highest BCUT2D eigenvalue weighted by molar-refractivity contribution is 5.50. The molecule has 3 rings (SSSR count). The van der Waals surface area contributed by atoms with Crippen molar-refractivity contribution in [3.05, 3.63) is 83.9 Å². The van der Waals surface area contributed by atoms with Gasteiger partial charge in [0.25, 0.3) is 0 Å². The first kappa shape index (κ1) is 15.3. The van der Waals surface area contributed by atoms with E-state index in [1.165, 1.54) is 5.56 Å². The minimum atomic E-state index is 0.599. The fraction of sp³-hybridized carbons (Fsp3) is 0.211. The Bertz CT molecular complexity index is 737. The third kappa shape index (κ3) is 3.99. The summed E-state index contributed by atoms with van der Waals surface area (Å²) in [5.74, 6) is 1.01. The lowest BCUT2D eigenvalue weighted by Gasteiger charge is -2.13. The van der Waals surface area contributed by atoms with E-state index in [1.807, 2.05) is 30.6 Å². The lowest BCUT2D eigenvalue weighted by molar-refractivity contribution is 0.185. The van der Waals surface area contributed by atoms with Gasteiger partial charge in [0.1, 0.15) is 5.82 Å². The van der Waals surface area contributed by atoms with Crippen LogP contribution in [0, 0.1) is 0 Å². The van der Waals surface area contributed by atoms with Gasteiger partial charge < -0.3 is 14.6 Å². The maximum Gasteiger partial charge on any atom is 0.128 e. The van der Waals surface area contributed by atoms with Gasteiger partial charge in [-0.2, -0.15) is 0 Å². The summed E-state index contributed by atoms with van der Waals surface area (Å²) in [6, 6.07) is 18.6. The van der Waals surface area contributed by atoms with Gasteiger partial charge in [-0.05, 0) is 11.6 Å². The molecule has 0 spiro atoms. The molecule has 0 bridgehead atoms. The first-order valence-electron chi connectivity index (χ1n) is 7.71. The molecule has 0 saturated carbocycles. The quantitative estimate of drug-likeness (QED) is 0.723. The number of methoxy groups -OCH3 is 1. The average Bonchev–Trinajstić information content (AvgIpc) is 3.02. The molecular weight excluding hydrogens is 286 g/mol. The van der Waals surface area contributed by atoms with Gasteiger partial charge in [0, 0.05) is 37.3 Å². The molecule has 1 heterocycles. The van der Waals surface area contributed by atoms with E-state index in [0.29, 0.717) is 13.2 Å². The van der Waals surface area contributed by atoms with Gasteiger partial charge in [-0.25, -0.2) is 4.98 Å². The number of hydrogen-bond acceptors (Lipinski definition) is 3. The van der Waals surface area contributed by atoms with Crippen LogP contribution in [0.25, 0.3) is 0 Å². The molecule has 2 aromatic carbocycles. The molecule has 118 valence electrons. The van der Waals surface area contributed by atoms with Crippen molar-refractivity contribution in [2.24, 2.45) is 0 Å². The van der Waals surface area contributed by atoms with Crippen molar-refractivity contribution < 1.29 is 4.74 Å². The van der Waals surface area contributed by atoms with E-state index in [2.05, 4.69) is 51.3 Å². The van der Waals surface area contributed by atoms with Crippen LogP contribution in [0.15, 0.2) is 67.0 Å². The first-order chi connectivity index (χ1) is 11.4. The summed E-state index contributed by atoms with van der Waals surface area (Å²) >= 11 is 0. The van der Waals surface area contributed by atoms with Crippen molar-refractivity contribution in [1.29, 1.82) is 0 Å². The van der Waals surface area contributed by atoms with Crippen molar-refractivity contribution in [2.75, 3.05) is 12.4 Å². The summed E-state index contributed by atoms with van der Waals surface area (Å²) in [6.45, 7) is 2.11. The summed E-state index contributed by atoms with van der Waals surface area (Å²) in [5, 5.41) is 3.46. The zero-order chi connectivity index (χ0) is 15.9. The fourth-order valence-electron chi connectivity index (χ4n) is 2.58. The molecule has 0 radical (unpaired) electrons. The first-order valence-corrected chi connectivity index (χ1v) is 7.71. The average molecular weight is 307 g/mol. The van der Waals surface area contributed by atoms with E-state index < -0.39 is 0 Å². The van der Waals surface area contributed by atoms with Crippen molar-refractivity contribution in [2.45, 2.75) is 19.7 Å². The Morgan fingerprint density at radius 3 is 2.65 bits per heavy atom. The molecule has 0 aliphatic carbocycles. The van der Waals surface area contributed by atoms with E-state index in [9.17, 15) is 0 Å². The van der Waals surface area contributed by atoms with E-state index in [1.54, 1.807) is 7.11 Å². The highest BCUT2D eigenvalue weighted by atomic mass is 16.5. The Kier molecular flexibility index (Phi) is 5.06. The number of nitrogens with zero attached hydrogens (tertiary/aromatic N) is 2. The number of rotatable bonds is 7. The van der Waals surface area contributed by atoms with E-state index >= 15 is 0 Å². The van der Waals surface area contributed by atoms with Crippen molar-refractivity contribution >= 4 is 5.69 Å². The summed E-state index contributed by atoms with van der Waals surface area (Å²) < 4.78 is 7.42.